The summed E-state index contributed by atoms with van der Waals surface area (Å²) < 4.78 is 0. The lowest BCUT2D eigenvalue weighted by Gasteiger charge is -2.52. The average molecular weight is 632 g/mol. The third-order valence-electron chi connectivity index (χ3n) is 9.30. The molecule has 0 bridgehead atoms. The second kappa shape index (κ2) is 12.9. The number of fused-ring (bicyclic) bond motifs is 2. The van der Waals surface area contributed by atoms with Crippen molar-refractivity contribution in [3.63, 3.8) is 0 Å². The smallest absolute Gasteiger partial charge is 0.245 e. The Morgan fingerprint density at radius 3 is 2.42 bits per heavy atom. The summed E-state index contributed by atoms with van der Waals surface area (Å²) in [7, 11) is 1.67. The molecule has 0 saturated carbocycles. The fraction of sp³-hybridized carbons (Fsp3) is 0.429. The Hall–Kier alpha value is -3.79. The predicted octanol–water partition coefficient (Wildman–Crippen LogP) is 3.62. The molecule has 45 heavy (non-hydrogen) atoms. The number of piperazine rings is 1. The number of nitrogens with one attached hydrogen (secondary N) is 2. The highest BCUT2D eigenvalue weighted by Gasteiger charge is 2.59. The number of carbonyl (C=O) groups excluding carboxylic acids is 4. The van der Waals surface area contributed by atoms with Crippen molar-refractivity contribution in [2.24, 2.45) is 5.41 Å². The number of rotatable bonds is 10. The van der Waals surface area contributed by atoms with E-state index in [0.717, 1.165) is 28.2 Å². The first kappa shape index (κ1) is 32.6. The van der Waals surface area contributed by atoms with E-state index in [1.54, 1.807) is 28.7 Å². The van der Waals surface area contributed by atoms with E-state index in [0.29, 0.717) is 24.4 Å². The Morgan fingerprint density at radius 2 is 1.76 bits per heavy atom. The molecule has 2 fully saturated rings. The summed E-state index contributed by atoms with van der Waals surface area (Å²) in [6.45, 7) is 7.82. The first-order chi connectivity index (χ1) is 21.4. The van der Waals surface area contributed by atoms with Gasteiger partial charge in [0, 0.05) is 23.4 Å². The summed E-state index contributed by atoms with van der Waals surface area (Å²) in [4.78, 5) is 59.8. The van der Waals surface area contributed by atoms with Gasteiger partial charge in [-0.25, -0.2) is 4.90 Å². The fourth-order valence-electron chi connectivity index (χ4n) is 6.52. The van der Waals surface area contributed by atoms with Crippen LogP contribution in [-0.4, -0.2) is 89.3 Å². The van der Waals surface area contributed by atoms with Gasteiger partial charge in [-0.2, -0.15) is 0 Å². The van der Waals surface area contributed by atoms with Crippen LogP contribution >= 0.6 is 11.6 Å². The van der Waals surface area contributed by atoms with Crippen LogP contribution in [0.5, 0.6) is 0 Å². The van der Waals surface area contributed by atoms with E-state index >= 15 is 0 Å². The minimum atomic E-state index is -1.52. The van der Waals surface area contributed by atoms with E-state index < -0.39 is 29.3 Å². The lowest BCUT2D eigenvalue weighted by molar-refractivity contribution is -0.160. The number of amides is 3. The number of carbonyl (C=O) groups is 4. The number of aldehydes is 1. The van der Waals surface area contributed by atoms with Crippen LogP contribution in [0.15, 0.2) is 66.7 Å². The maximum Gasteiger partial charge on any atom is 0.245 e. The van der Waals surface area contributed by atoms with Crippen LogP contribution in [-0.2, 0) is 32.0 Å². The highest BCUT2D eigenvalue weighted by Crippen LogP contribution is 2.39. The average Bonchev–Trinajstić information content (AvgIpc) is 3.34. The SMILES string of the molecule is CNC(C)C(=O)NC(C=O)(N1CC(=O)N2[C@@H](Cc3ccc4ccccc4c3)C(=O)N(CCc3cccc(Cl)c3)C[C@@H]21)C(C)(C)C. The fourth-order valence-corrected chi connectivity index (χ4v) is 6.73. The molecule has 2 N–H and O–H groups in total. The van der Waals surface area contributed by atoms with E-state index in [1.165, 1.54) is 0 Å². The highest BCUT2D eigenvalue weighted by atomic mass is 35.5. The molecule has 3 aromatic carbocycles. The molecular formula is C35H42ClN5O4. The molecule has 3 amide bonds. The molecule has 0 spiro atoms. The zero-order chi connectivity index (χ0) is 32.5. The topological polar surface area (TPSA) is 102 Å². The molecule has 9 nitrogen and oxygen atoms in total. The monoisotopic (exact) mass is 631 g/mol. The van der Waals surface area contributed by atoms with Gasteiger partial charge in [0.05, 0.1) is 19.1 Å². The van der Waals surface area contributed by atoms with Gasteiger partial charge in [0.25, 0.3) is 0 Å². The van der Waals surface area contributed by atoms with Crippen molar-refractivity contribution in [2.75, 3.05) is 26.7 Å². The van der Waals surface area contributed by atoms with E-state index in [-0.39, 0.29) is 30.8 Å². The molecule has 0 aromatic heterocycles. The third-order valence-corrected chi connectivity index (χ3v) is 9.54. The molecule has 2 saturated heterocycles. The molecule has 0 aliphatic carbocycles. The van der Waals surface area contributed by atoms with Crippen LogP contribution in [0.1, 0.15) is 38.8 Å². The minimum absolute atomic E-state index is 0.113. The van der Waals surface area contributed by atoms with Crippen molar-refractivity contribution in [3.8, 4) is 0 Å². The van der Waals surface area contributed by atoms with Gasteiger partial charge in [-0.1, -0.05) is 87.0 Å². The molecule has 4 atom stereocenters. The van der Waals surface area contributed by atoms with Gasteiger partial charge in [0.15, 0.2) is 11.9 Å². The molecule has 238 valence electrons. The zero-order valence-corrected chi connectivity index (χ0v) is 27.3. The molecule has 2 aliphatic heterocycles. The lowest BCUT2D eigenvalue weighted by Crippen LogP contribution is -2.74. The quantitative estimate of drug-likeness (QED) is 0.332. The Morgan fingerprint density at radius 1 is 1.02 bits per heavy atom. The number of likely N-dealkylation sites (N-methyl/N-ethyl adjacent to an activating group) is 1. The maximum absolute atomic E-state index is 14.2. The summed E-state index contributed by atoms with van der Waals surface area (Å²) in [5.74, 6) is -0.750. The van der Waals surface area contributed by atoms with Crippen LogP contribution in [0, 0.1) is 5.41 Å². The summed E-state index contributed by atoms with van der Waals surface area (Å²) >= 11 is 6.24. The Balaban J connectivity index is 1.54. The summed E-state index contributed by atoms with van der Waals surface area (Å²) in [5.41, 5.74) is -0.387. The number of halogens is 1. The number of nitrogens with zero attached hydrogens (tertiary/aromatic N) is 3. The lowest BCUT2D eigenvalue weighted by atomic mass is 9.79. The van der Waals surface area contributed by atoms with Gasteiger partial charge < -0.3 is 20.4 Å². The third kappa shape index (κ3) is 6.34. The van der Waals surface area contributed by atoms with Crippen molar-refractivity contribution >= 4 is 46.4 Å². The van der Waals surface area contributed by atoms with Gasteiger partial charge in [-0.15, -0.1) is 0 Å². The summed E-state index contributed by atoms with van der Waals surface area (Å²) in [5, 5.41) is 8.69. The maximum atomic E-state index is 14.2. The van der Waals surface area contributed by atoms with Gasteiger partial charge in [-0.05, 0) is 54.4 Å². The van der Waals surface area contributed by atoms with Gasteiger partial charge in [-0.3, -0.25) is 19.2 Å². The van der Waals surface area contributed by atoms with E-state index in [2.05, 4.69) is 16.7 Å². The molecule has 2 unspecified atom stereocenters. The van der Waals surface area contributed by atoms with Crippen molar-refractivity contribution in [1.29, 1.82) is 0 Å². The Bertz CT molecular complexity index is 1610. The van der Waals surface area contributed by atoms with Crippen LogP contribution < -0.4 is 10.6 Å². The van der Waals surface area contributed by atoms with Crippen molar-refractivity contribution in [1.82, 2.24) is 25.3 Å². The molecule has 5 rings (SSSR count). The first-order valence-corrected chi connectivity index (χ1v) is 15.8. The predicted molar refractivity (Wildman–Crippen MR) is 175 cm³/mol. The normalized spacial score (nSPS) is 21.0. The second-order valence-corrected chi connectivity index (χ2v) is 13.5. The van der Waals surface area contributed by atoms with Crippen LogP contribution in [0.2, 0.25) is 5.02 Å². The Kier molecular flexibility index (Phi) is 9.35. The van der Waals surface area contributed by atoms with E-state index in [1.807, 2.05) is 81.4 Å². The van der Waals surface area contributed by atoms with Crippen molar-refractivity contribution in [2.45, 2.75) is 64.4 Å². The standard InChI is InChI=1S/C35H42ClN5O4/c1-23(37-5)32(44)38-35(22-42,34(2,3)4)40-21-31(43)41-29(19-25-13-14-26-10-6-7-11-27(26)17-25)33(45)39(20-30(40)41)16-15-24-9-8-12-28(36)18-24/h6-14,17-18,22-23,29-30,37H,15-16,19-21H2,1-5H3,(H,38,44)/t23?,29-,30+,35?/m0/s1. The van der Waals surface area contributed by atoms with Crippen molar-refractivity contribution < 1.29 is 19.2 Å². The number of hydrogen-bond donors (Lipinski definition) is 2. The number of hydrogen-bond acceptors (Lipinski definition) is 6. The van der Waals surface area contributed by atoms with Crippen molar-refractivity contribution in [3.05, 3.63) is 82.9 Å². The van der Waals surface area contributed by atoms with E-state index in [9.17, 15) is 19.2 Å². The second-order valence-electron chi connectivity index (χ2n) is 13.1. The van der Waals surface area contributed by atoms with Gasteiger partial charge in [0.1, 0.15) is 12.2 Å². The van der Waals surface area contributed by atoms with E-state index in [4.69, 9.17) is 11.6 Å². The largest absolute Gasteiger partial charge is 0.337 e. The molecule has 2 heterocycles. The molecule has 3 aromatic rings. The van der Waals surface area contributed by atoms with Crippen LogP contribution in [0.4, 0.5) is 0 Å². The van der Waals surface area contributed by atoms with Gasteiger partial charge in [0.2, 0.25) is 17.7 Å². The summed E-state index contributed by atoms with van der Waals surface area (Å²) in [6, 6.07) is 20.3. The molecule has 10 heteroatoms. The zero-order valence-electron chi connectivity index (χ0n) is 26.5. The number of benzene rings is 3. The van der Waals surface area contributed by atoms with Crippen LogP contribution in [0.25, 0.3) is 10.8 Å². The van der Waals surface area contributed by atoms with Gasteiger partial charge >= 0.3 is 0 Å². The molecule has 0 radical (unpaired) electrons. The first-order valence-electron chi connectivity index (χ1n) is 15.4. The minimum Gasteiger partial charge on any atom is -0.337 e. The van der Waals surface area contributed by atoms with Crippen LogP contribution in [0.3, 0.4) is 0 Å². The summed E-state index contributed by atoms with van der Waals surface area (Å²) in [6.07, 6.45) is 1.01. The molecular weight excluding hydrogens is 590 g/mol. The Labute approximate surface area is 269 Å². The highest BCUT2D eigenvalue weighted by molar-refractivity contribution is 6.30. The molecule has 2 aliphatic rings.